The fourth-order valence-electron chi connectivity index (χ4n) is 1.68. The monoisotopic (exact) mass is 231 g/mol. The molecule has 0 saturated carbocycles. The zero-order chi connectivity index (χ0) is 12.9. The van der Waals surface area contributed by atoms with E-state index in [0.717, 1.165) is 24.1 Å². The first kappa shape index (κ1) is 13.5. The van der Waals surface area contributed by atoms with Crippen LogP contribution in [0.1, 0.15) is 37.8 Å². The van der Waals surface area contributed by atoms with Crippen molar-refractivity contribution in [3.63, 3.8) is 0 Å². The van der Waals surface area contributed by atoms with Crippen molar-refractivity contribution >= 4 is 5.69 Å². The van der Waals surface area contributed by atoms with E-state index in [0.29, 0.717) is 12.1 Å². The Bertz CT molecular complexity index is 414. The van der Waals surface area contributed by atoms with Gasteiger partial charge in [0.25, 0.3) is 0 Å². The highest BCUT2D eigenvalue weighted by Gasteiger charge is 2.20. The van der Waals surface area contributed by atoms with E-state index in [1.807, 2.05) is 25.1 Å². The summed E-state index contributed by atoms with van der Waals surface area (Å²) < 4.78 is 0. The van der Waals surface area contributed by atoms with Gasteiger partial charge >= 0.3 is 0 Å². The highest BCUT2D eigenvalue weighted by atomic mass is 14.9. The fourth-order valence-corrected chi connectivity index (χ4v) is 1.68. The maximum absolute atomic E-state index is 9.07. The maximum atomic E-state index is 9.07. The molecule has 3 heteroatoms. The molecule has 3 N–H and O–H groups in total. The Balaban J connectivity index is 2.80. The summed E-state index contributed by atoms with van der Waals surface area (Å²) in [4.78, 5) is 0. The molecule has 92 valence electrons. The van der Waals surface area contributed by atoms with Gasteiger partial charge < -0.3 is 11.1 Å². The van der Waals surface area contributed by atoms with E-state index in [2.05, 4.69) is 25.2 Å². The average molecular weight is 231 g/mol. The van der Waals surface area contributed by atoms with Crippen LogP contribution in [0.5, 0.6) is 0 Å². The Morgan fingerprint density at radius 3 is 2.53 bits per heavy atom. The maximum Gasteiger partial charge on any atom is 0.101 e. The fraction of sp³-hybridized carbons (Fsp3) is 0.500. The molecule has 0 amide bonds. The van der Waals surface area contributed by atoms with Crippen molar-refractivity contribution in [2.45, 2.75) is 39.2 Å². The molecule has 0 fully saturated rings. The normalized spacial score (nSPS) is 11.0. The van der Waals surface area contributed by atoms with Crippen LogP contribution in [-0.4, -0.2) is 12.1 Å². The second kappa shape index (κ2) is 5.70. The molecule has 1 aromatic rings. The molecule has 0 spiro atoms. The molecule has 0 heterocycles. The van der Waals surface area contributed by atoms with Crippen LogP contribution < -0.4 is 11.1 Å². The summed E-state index contributed by atoms with van der Waals surface area (Å²) in [7, 11) is 0. The third-order valence-corrected chi connectivity index (χ3v) is 3.33. The second-order valence-electron chi connectivity index (χ2n) is 4.58. The van der Waals surface area contributed by atoms with Crippen molar-refractivity contribution in [2.75, 3.05) is 11.9 Å². The van der Waals surface area contributed by atoms with Gasteiger partial charge in [-0.1, -0.05) is 19.9 Å². The molecular weight excluding hydrogens is 210 g/mol. The first-order valence-electron chi connectivity index (χ1n) is 6.08. The summed E-state index contributed by atoms with van der Waals surface area (Å²) >= 11 is 0. The highest BCUT2D eigenvalue weighted by molar-refractivity contribution is 5.58. The predicted molar refractivity (Wildman–Crippen MR) is 71.9 cm³/mol. The largest absolute Gasteiger partial charge is 0.382 e. The molecule has 0 aliphatic rings. The molecule has 0 aliphatic carbocycles. The second-order valence-corrected chi connectivity index (χ2v) is 4.58. The number of nitrogens with one attached hydrogen (secondary N) is 1. The molecule has 1 rings (SSSR count). The van der Waals surface area contributed by atoms with Gasteiger partial charge in [-0.3, -0.25) is 0 Å². The van der Waals surface area contributed by atoms with Gasteiger partial charge in [-0.15, -0.1) is 0 Å². The molecule has 1 aromatic carbocycles. The van der Waals surface area contributed by atoms with Gasteiger partial charge in [-0.2, -0.15) is 5.26 Å². The lowest BCUT2D eigenvalue weighted by Crippen LogP contribution is -2.45. The summed E-state index contributed by atoms with van der Waals surface area (Å²) in [5.41, 5.74) is 8.67. The van der Waals surface area contributed by atoms with Crippen LogP contribution in [0.15, 0.2) is 18.2 Å². The van der Waals surface area contributed by atoms with Crippen LogP contribution >= 0.6 is 0 Å². The number of nitriles is 1. The van der Waals surface area contributed by atoms with Crippen LogP contribution in [0.25, 0.3) is 0 Å². The number of benzene rings is 1. The lowest BCUT2D eigenvalue weighted by Gasteiger charge is -2.27. The molecule has 0 radical (unpaired) electrons. The van der Waals surface area contributed by atoms with Crippen molar-refractivity contribution in [1.29, 1.82) is 5.26 Å². The molecular formula is C14H21N3. The third kappa shape index (κ3) is 3.47. The van der Waals surface area contributed by atoms with Crippen molar-refractivity contribution in [3.8, 4) is 6.07 Å². The van der Waals surface area contributed by atoms with E-state index < -0.39 is 0 Å². The van der Waals surface area contributed by atoms with E-state index in [1.165, 1.54) is 0 Å². The minimum Gasteiger partial charge on any atom is -0.382 e. The number of anilines is 1. The number of rotatable bonds is 5. The van der Waals surface area contributed by atoms with Gasteiger partial charge in [0.1, 0.15) is 6.07 Å². The van der Waals surface area contributed by atoms with E-state index in [9.17, 15) is 0 Å². The summed E-state index contributed by atoms with van der Waals surface area (Å²) in [6, 6.07) is 8.04. The van der Waals surface area contributed by atoms with Gasteiger partial charge in [-0.05, 0) is 37.5 Å². The summed E-state index contributed by atoms with van der Waals surface area (Å²) in [6.07, 6.45) is 1.84. The molecule has 3 nitrogen and oxygen atoms in total. The Morgan fingerprint density at radius 2 is 2.00 bits per heavy atom. The van der Waals surface area contributed by atoms with Gasteiger partial charge in [-0.25, -0.2) is 0 Å². The molecule has 0 saturated heterocycles. The Labute approximate surface area is 104 Å². The quantitative estimate of drug-likeness (QED) is 0.819. The Morgan fingerprint density at radius 1 is 1.35 bits per heavy atom. The molecule has 0 bridgehead atoms. The number of nitrogens with two attached hydrogens (primary N) is 1. The van der Waals surface area contributed by atoms with Crippen LogP contribution in [0.2, 0.25) is 0 Å². The minimum absolute atomic E-state index is 0.197. The van der Waals surface area contributed by atoms with E-state index in [-0.39, 0.29) is 5.54 Å². The van der Waals surface area contributed by atoms with Crippen molar-refractivity contribution in [2.24, 2.45) is 5.73 Å². The van der Waals surface area contributed by atoms with Gasteiger partial charge in [0.15, 0.2) is 0 Å². The molecule has 17 heavy (non-hydrogen) atoms. The number of hydrogen-bond donors (Lipinski definition) is 2. The van der Waals surface area contributed by atoms with E-state index >= 15 is 0 Å². The smallest absolute Gasteiger partial charge is 0.101 e. The van der Waals surface area contributed by atoms with Gasteiger partial charge in [0.2, 0.25) is 0 Å². The molecule has 0 atom stereocenters. The third-order valence-electron chi connectivity index (χ3n) is 3.33. The number of hydrogen-bond acceptors (Lipinski definition) is 3. The standard InChI is InChI=1S/C14H21N3/c1-4-14(16,5-2)10-17-13-7-6-11(3)8-12(13)9-15/h6-8,17H,4-5,10,16H2,1-3H3. The molecule has 0 aromatic heterocycles. The lowest BCUT2D eigenvalue weighted by molar-refractivity contribution is 0.418. The van der Waals surface area contributed by atoms with Crippen LogP contribution in [0.4, 0.5) is 5.69 Å². The van der Waals surface area contributed by atoms with Gasteiger partial charge in [0.05, 0.1) is 11.3 Å². The minimum atomic E-state index is -0.197. The molecule has 0 aliphatic heterocycles. The zero-order valence-corrected chi connectivity index (χ0v) is 10.9. The SMILES string of the molecule is CCC(N)(CC)CNc1ccc(C)cc1C#N. The van der Waals surface area contributed by atoms with Crippen molar-refractivity contribution in [3.05, 3.63) is 29.3 Å². The van der Waals surface area contributed by atoms with E-state index in [1.54, 1.807) is 0 Å². The van der Waals surface area contributed by atoms with Crippen molar-refractivity contribution < 1.29 is 0 Å². The predicted octanol–water partition coefficient (Wildman–Crippen LogP) is 2.80. The van der Waals surface area contributed by atoms with Crippen LogP contribution in [0, 0.1) is 18.3 Å². The molecule has 0 unspecified atom stereocenters. The average Bonchev–Trinajstić information content (AvgIpc) is 2.36. The summed E-state index contributed by atoms with van der Waals surface area (Å²) in [6.45, 7) is 6.85. The highest BCUT2D eigenvalue weighted by Crippen LogP contribution is 2.18. The number of nitrogens with zero attached hydrogens (tertiary/aromatic N) is 1. The summed E-state index contributed by atoms with van der Waals surface area (Å²) in [5, 5.41) is 12.4. The van der Waals surface area contributed by atoms with Crippen LogP contribution in [-0.2, 0) is 0 Å². The lowest BCUT2D eigenvalue weighted by atomic mass is 9.94. The van der Waals surface area contributed by atoms with Crippen LogP contribution in [0.3, 0.4) is 0 Å². The summed E-state index contributed by atoms with van der Waals surface area (Å²) in [5.74, 6) is 0. The van der Waals surface area contributed by atoms with Gasteiger partial charge in [0, 0.05) is 12.1 Å². The number of aryl methyl sites for hydroxylation is 1. The topological polar surface area (TPSA) is 61.8 Å². The Kier molecular flexibility index (Phi) is 4.53. The Hall–Kier alpha value is -1.53. The zero-order valence-electron chi connectivity index (χ0n) is 10.9. The first-order valence-corrected chi connectivity index (χ1v) is 6.08. The van der Waals surface area contributed by atoms with Crippen molar-refractivity contribution in [1.82, 2.24) is 0 Å². The van der Waals surface area contributed by atoms with E-state index in [4.69, 9.17) is 11.0 Å². The first-order chi connectivity index (χ1) is 8.04.